The summed E-state index contributed by atoms with van der Waals surface area (Å²) in [7, 11) is 0. The molecule has 0 spiro atoms. The van der Waals surface area contributed by atoms with Gasteiger partial charge in [0.1, 0.15) is 42.5 Å². The Kier molecular flexibility index (Phi) is 8.38. The van der Waals surface area contributed by atoms with Crippen molar-refractivity contribution in [2.75, 3.05) is 23.8 Å². The number of aliphatic hydroxyl groups is 1. The van der Waals surface area contributed by atoms with Crippen molar-refractivity contribution in [2.24, 2.45) is 0 Å². The van der Waals surface area contributed by atoms with Gasteiger partial charge >= 0.3 is 0 Å². The number of fused-ring (bicyclic) bond motifs is 1. The Balaban J connectivity index is 1.43. The number of benzene rings is 2. The molecule has 0 fully saturated rings. The molecule has 3 aromatic heterocycles. The average Bonchev–Trinajstić information content (AvgIpc) is 3.42. The molecule has 11 heteroatoms. The standard InChI is InChI=1S/C29H27ClN6O4/c1-2-26(38)36-23-13-18(6-8-25(23)39-12-11-37)21-15-32-28-27(21)29(34-17-33-28)35-19-7-9-24(22(30)14-19)40-16-20-5-3-4-10-31-20/h3-10,13-15,17,37H,2,11-12,16H2,1H3,(H,36,38)(H2,32,33,34,35). The number of hydrogen-bond donors (Lipinski definition) is 4. The number of amides is 1. The van der Waals surface area contributed by atoms with Crippen molar-refractivity contribution >= 4 is 45.7 Å². The van der Waals surface area contributed by atoms with Gasteiger partial charge in [-0.3, -0.25) is 9.78 Å². The molecule has 0 bridgehead atoms. The lowest BCUT2D eigenvalue weighted by Gasteiger charge is -2.14. The van der Waals surface area contributed by atoms with Crippen molar-refractivity contribution in [2.45, 2.75) is 20.0 Å². The number of ether oxygens (including phenoxy) is 2. The number of nitrogens with one attached hydrogen (secondary N) is 3. The van der Waals surface area contributed by atoms with E-state index in [0.717, 1.165) is 22.2 Å². The SMILES string of the molecule is CCC(=O)Nc1cc(-c2c[nH]c3ncnc(Nc4ccc(OCc5ccccn5)c(Cl)c4)c23)ccc1OCCO. The molecule has 10 nitrogen and oxygen atoms in total. The summed E-state index contributed by atoms with van der Waals surface area (Å²) in [5.41, 5.74) is 4.28. The van der Waals surface area contributed by atoms with Crippen LogP contribution in [0.5, 0.6) is 11.5 Å². The molecule has 0 saturated carbocycles. The molecule has 0 aliphatic heterocycles. The minimum absolute atomic E-state index is 0.110. The minimum Gasteiger partial charge on any atom is -0.489 e. The highest BCUT2D eigenvalue weighted by atomic mass is 35.5. The first-order valence-corrected chi connectivity index (χ1v) is 13.0. The number of pyridine rings is 1. The molecule has 2 aromatic carbocycles. The number of halogens is 1. The molecule has 204 valence electrons. The van der Waals surface area contributed by atoms with Crippen LogP contribution in [0.1, 0.15) is 19.0 Å². The smallest absolute Gasteiger partial charge is 0.224 e. The zero-order valence-corrected chi connectivity index (χ0v) is 22.4. The first-order chi connectivity index (χ1) is 19.6. The lowest BCUT2D eigenvalue weighted by molar-refractivity contribution is -0.115. The molecule has 0 unspecified atom stereocenters. The topological polar surface area (TPSA) is 134 Å². The molecule has 5 rings (SSSR count). The van der Waals surface area contributed by atoms with Crippen LogP contribution in [0, 0.1) is 0 Å². The van der Waals surface area contributed by atoms with E-state index >= 15 is 0 Å². The number of carbonyl (C=O) groups is 1. The number of aliphatic hydroxyl groups excluding tert-OH is 1. The maximum atomic E-state index is 12.2. The maximum Gasteiger partial charge on any atom is 0.224 e. The molecule has 1 amide bonds. The van der Waals surface area contributed by atoms with E-state index in [0.29, 0.717) is 52.4 Å². The fourth-order valence-corrected chi connectivity index (χ4v) is 4.30. The largest absolute Gasteiger partial charge is 0.489 e. The fraction of sp³-hybridized carbons (Fsp3) is 0.172. The number of H-pyrrole nitrogens is 1. The lowest BCUT2D eigenvalue weighted by Crippen LogP contribution is -2.12. The number of nitrogens with zero attached hydrogens (tertiary/aromatic N) is 3. The zero-order valence-electron chi connectivity index (χ0n) is 21.6. The van der Waals surface area contributed by atoms with Gasteiger partial charge in [-0.05, 0) is 48.0 Å². The van der Waals surface area contributed by atoms with Crippen LogP contribution < -0.4 is 20.1 Å². The summed E-state index contributed by atoms with van der Waals surface area (Å²) in [4.78, 5) is 28.5. The highest BCUT2D eigenvalue weighted by molar-refractivity contribution is 6.32. The highest BCUT2D eigenvalue weighted by Crippen LogP contribution is 2.38. The van der Waals surface area contributed by atoms with Crippen LogP contribution in [0.4, 0.5) is 17.2 Å². The van der Waals surface area contributed by atoms with Gasteiger partial charge in [0, 0.05) is 30.1 Å². The Morgan fingerprint density at radius 2 is 1.93 bits per heavy atom. The van der Waals surface area contributed by atoms with Gasteiger partial charge in [-0.25, -0.2) is 9.97 Å². The lowest BCUT2D eigenvalue weighted by atomic mass is 10.0. The van der Waals surface area contributed by atoms with Crippen molar-refractivity contribution in [3.8, 4) is 22.6 Å². The molecular weight excluding hydrogens is 532 g/mol. The van der Waals surface area contributed by atoms with E-state index in [-0.39, 0.29) is 19.1 Å². The summed E-state index contributed by atoms with van der Waals surface area (Å²) < 4.78 is 11.5. The van der Waals surface area contributed by atoms with Crippen LogP contribution in [0.2, 0.25) is 5.02 Å². The Bertz CT molecular complexity index is 1630. The van der Waals surface area contributed by atoms with E-state index in [9.17, 15) is 9.90 Å². The first-order valence-electron chi connectivity index (χ1n) is 12.6. The number of hydrogen-bond acceptors (Lipinski definition) is 8. The van der Waals surface area contributed by atoms with E-state index in [1.54, 1.807) is 31.3 Å². The van der Waals surface area contributed by atoms with Crippen LogP contribution in [-0.2, 0) is 11.4 Å². The molecular formula is C29H27ClN6O4. The van der Waals surface area contributed by atoms with E-state index in [1.165, 1.54) is 6.33 Å². The third kappa shape index (κ3) is 6.14. The van der Waals surface area contributed by atoms with Crippen LogP contribution in [0.15, 0.2) is 73.3 Å². The van der Waals surface area contributed by atoms with Crippen molar-refractivity contribution in [1.29, 1.82) is 0 Å². The summed E-state index contributed by atoms with van der Waals surface area (Å²) in [5, 5.41) is 16.6. The van der Waals surface area contributed by atoms with Crippen LogP contribution in [-0.4, -0.2) is 44.2 Å². The average molecular weight is 559 g/mol. The van der Waals surface area contributed by atoms with Gasteiger partial charge in [-0.15, -0.1) is 0 Å². The summed E-state index contributed by atoms with van der Waals surface area (Å²) in [5.74, 6) is 1.42. The summed E-state index contributed by atoms with van der Waals surface area (Å²) in [6.07, 6.45) is 5.33. The summed E-state index contributed by atoms with van der Waals surface area (Å²) in [6.45, 7) is 2.04. The number of anilines is 3. The summed E-state index contributed by atoms with van der Waals surface area (Å²) >= 11 is 6.52. The predicted molar refractivity (Wildman–Crippen MR) is 154 cm³/mol. The van der Waals surface area contributed by atoms with E-state index in [1.807, 2.05) is 42.6 Å². The highest BCUT2D eigenvalue weighted by Gasteiger charge is 2.16. The van der Waals surface area contributed by atoms with Crippen molar-refractivity contribution in [3.63, 3.8) is 0 Å². The van der Waals surface area contributed by atoms with Crippen molar-refractivity contribution in [1.82, 2.24) is 19.9 Å². The number of rotatable bonds is 11. The second kappa shape index (κ2) is 12.5. The van der Waals surface area contributed by atoms with Crippen molar-refractivity contribution in [3.05, 3.63) is 84.0 Å². The molecule has 40 heavy (non-hydrogen) atoms. The monoisotopic (exact) mass is 558 g/mol. The quantitative estimate of drug-likeness (QED) is 0.162. The van der Waals surface area contributed by atoms with Gasteiger partial charge in [-0.2, -0.15) is 0 Å². The minimum atomic E-state index is -0.153. The third-order valence-electron chi connectivity index (χ3n) is 6.00. The van der Waals surface area contributed by atoms with E-state index < -0.39 is 0 Å². The maximum absolute atomic E-state index is 12.2. The Labute approximate surface area is 235 Å². The van der Waals surface area contributed by atoms with Gasteiger partial charge in [0.25, 0.3) is 0 Å². The number of aromatic amines is 1. The van der Waals surface area contributed by atoms with Gasteiger partial charge < -0.3 is 30.2 Å². The van der Waals surface area contributed by atoms with Gasteiger partial charge in [0.05, 0.1) is 28.4 Å². The third-order valence-corrected chi connectivity index (χ3v) is 6.30. The Hall–Kier alpha value is -4.67. The predicted octanol–water partition coefficient (Wildman–Crippen LogP) is 5.72. The normalized spacial score (nSPS) is 10.9. The molecule has 4 N–H and O–H groups in total. The van der Waals surface area contributed by atoms with Gasteiger partial charge in [0.2, 0.25) is 5.91 Å². The second-order valence-corrected chi connectivity index (χ2v) is 9.12. The zero-order chi connectivity index (χ0) is 27.9. The van der Waals surface area contributed by atoms with Crippen LogP contribution in [0.3, 0.4) is 0 Å². The fourth-order valence-electron chi connectivity index (χ4n) is 4.07. The molecule has 0 atom stereocenters. The van der Waals surface area contributed by atoms with Crippen molar-refractivity contribution < 1.29 is 19.4 Å². The van der Waals surface area contributed by atoms with E-state index in [4.69, 9.17) is 21.1 Å². The molecule has 0 aliphatic rings. The van der Waals surface area contributed by atoms with Crippen LogP contribution >= 0.6 is 11.6 Å². The molecule has 0 saturated heterocycles. The van der Waals surface area contributed by atoms with E-state index in [2.05, 4.69) is 30.6 Å². The Morgan fingerprint density at radius 1 is 1.05 bits per heavy atom. The van der Waals surface area contributed by atoms with Gasteiger partial charge in [-0.1, -0.05) is 30.7 Å². The second-order valence-electron chi connectivity index (χ2n) is 8.71. The first kappa shape index (κ1) is 26.9. The molecule has 0 aliphatic carbocycles. The molecule has 5 aromatic rings. The van der Waals surface area contributed by atoms with Gasteiger partial charge in [0.15, 0.2) is 0 Å². The molecule has 0 radical (unpaired) electrons. The summed E-state index contributed by atoms with van der Waals surface area (Å²) in [6, 6.07) is 16.5. The Morgan fingerprint density at radius 3 is 2.70 bits per heavy atom. The van der Waals surface area contributed by atoms with Crippen LogP contribution in [0.25, 0.3) is 22.2 Å². The number of carbonyl (C=O) groups excluding carboxylic acids is 1. The molecule has 3 heterocycles. The number of aromatic nitrogens is 4.